The summed E-state index contributed by atoms with van der Waals surface area (Å²) < 4.78 is 11.0. The summed E-state index contributed by atoms with van der Waals surface area (Å²) in [6.07, 6.45) is 2.85. The van der Waals surface area contributed by atoms with Crippen molar-refractivity contribution >= 4 is 23.3 Å². The van der Waals surface area contributed by atoms with Gasteiger partial charge in [-0.1, -0.05) is 12.2 Å². The predicted octanol–water partition coefficient (Wildman–Crippen LogP) is 0.703. The number of carbonyl (C=O) groups is 3. The van der Waals surface area contributed by atoms with Gasteiger partial charge in [0.1, 0.15) is 11.4 Å². The van der Waals surface area contributed by atoms with Gasteiger partial charge in [-0.3, -0.25) is 14.4 Å². The van der Waals surface area contributed by atoms with E-state index in [-0.39, 0.29) is 18.1 Å². The van der Waals surface area contributed by atoms with Crippen LogP contribution in [-0.4, -0.2) is 48.1 Å². The molecule has 2 amide bonds. The Labute approximate surface area is 143 Å². The first kappa shape index (κ1) is 16.0. The van der Waals surface area contributed by atoms with Crippen LogP contribution in [0, 0.1) is 11.8 Å². The Morgan fingerprint density at radius 1 is 1.36 bits per heavy atom. The first-order chi connectivity index (χ1) is 11.9. The monoisotopic (exact) mass is 343 g/mol. The second-order valence-corrected chi connectivity index (χ2v) is 6.51. The van der Waals surface area contributed by atoms with Crippen molar-refractivity contribution in [2.24, 2.45) is 11.8 Å². The van der Waals surface area contributed by atoms with Crippen molar-refractivity contribution < 1.29 is 29.0 Å². The molecular weight excluding hydrogens is 326 g/mol. The fourth-order valence-electron chi connectivity index (χ4n) is 4.01. The number of imide groups is 1. The number of hydrogen-bond acceptors (Lipinski definition) is 6. The van der Waals surface area contributed by atoms with Crippen molar-refractivity contribution in [3.63, 3.8) is 0 Å². The highest BCUT2D eigenvalue weighted by molar-refractivity contribution is 6.24. The smallest absolute Gasteiger partial charge is 0.241 e. The summed E-state index contributed by atoms with van der Waals surface area (Å²) in [6.45, 7) is 1.03. The molecule has 0 unspecified atom stereocenters. The number of aliphatic hydroxyl groups is 1. The topological polar surface area (TPSA) is 93.1 Å². The van der Waals surface area contributed by atoms with E-state index in [0.717, 1.165) is 4.90 Å². The fourth-order valence-corrected chi connectivity index (χ4v) is 4.01. The molecule has 0 saturated carbocycles. The number of ketones is 1. The van der Waals surface area contributed by atoms with Crippen LogP contribution in [0.25, 0.3) is 0 Å². The first-order valence-corrected chi connectivity index (χ1v) is 7.98. The van der Waals surface area contributed by atoms with Crippen molar-refractivity contribution in [3.05, 3.63) is 35.9 Å². The van der Waals surface area contributed by atoms with Gasteiger partial charge in [-0.05, 0) is 25.1 Å². The minimum absolute atomic E-state index is 0.180. The third-order valence-electron chi connectivity index (χ3n) is 5.23. The number of Topliss-reactive ketones (excluding diaryl/α,β-unsaturated/α-hetero) is 1. The van der Waals surface area contributed by atoms with Gasteiger partial charge in [-0.2, -0.15) is 0 Å². The van der Waals surface area contributed by atoms with Crippen molar-refractivity contribution in [2.75, 3.05) is 18.6 Å². The molecule has 130 valence electrons. The third-order valence-corrected chi connectivity index (χ3v) is 5.23. The van der Waals surface area contributed by atoms with E-state index in [0.29, 0.717) is 11.3 Å². The summed E-state index contributed by atoms with van der Waals surface area (Å²) in [7, 11) is 1.43. The van der Waals surface area contributed by atoms with E-state index in [2.05, 4.69) is 0 Å². The lowest BCUT2D eigenvalue weighted by Gasteiger charge is -2.26. The summed E-state index contributed by atoms with van der Waals surface area (Å²) in [6, 6.07) is 4.63. The van der Waals surface area contributed by atoms with Crippen LogP contribution < -0.4 is 9.64 Å². The molecule has 2 fully saturated rings. The molecule has 0 aliphatic carbocycles. The summed E-state index contributed by atoms with van der Waals surface area (Å²) in [5.41, 5.74) is -0.530. The zero-order valence-electron chi connectivity index (χ0n) is 13.8. The summed E-state index contributed by atoms with van der Waals surface area (Å²) in [5.74, 6) is -2.15. The number of fused-ring (bicyclic) bond motifs is 5. The lowest BCUT2D eigenvalue weighted by molar-refractivity contribution is -0.128. The second kappa shape index (κ2) is 5.24. The van der Waals surface area contributed by atoms with Gasteiger partial charge >= 0.3 is 0 Å². The molecule has 2 saturated heterocycles. The zero-order valence-corrected chi connectivity index (χ0v) is 13.8. The molecule has 0 radical (unpaired) electrons. The molecule has 3 aliphatic heterocycles. The molecule has 1 aromatic carbocycles. The number of methoxy groups -OCH3 is 1. The number of carbonyl (C=O) groups excluding carboxylic acids is 3. The van der Waals surface area contributed by atoms with Crippen LogP contribution in [0.5, 0.6) is 5.75 Å². The Kier molecular flexibility index (Phi) is 3.35. The molecule has 4 rings (SSSR count). The average molecular weight is 343 g/mol. The number of anilines is 1. The molecule has 1 aromatic rings. The Morgan fingerprint density at radius 2 is 2.12 bits per heavy atom. The largest absolute Gasteiger partial charge is 0.495 e. The SMILES string of the molecule is COc1ccc(C(C)=O)cc1N1C(=O)[C@@H]2[C@@H](C1=O)[C@@]1(CO)C=C[C@H]2O1. The Morgan fingerprint density at radius 3 is 2.76 bits per heavy atom. The molecule has 2 bridgehead atoms. The summed E-state index contributed by atoms with van der Waals surface area (Å²) >= 11 is 0. The Balaban J connectivity index is 1.81. The molecule has 0 spiro atoms. The normalized spacial score (nSPS) is 32.4. The number of benzene rings is 1. The van der Waals surface area contributed by atoms with Crippen LogP contribution >= 0.6 is 0 Å². The van der Waals surface area contributed by atoms with E-state index in [1.54, 1.807) is 24.3 Å². The molecule has 3 heterocycles. The quantitative estimate of drug-likeness (QED) is 0.491. The van der Waals surface area contributed by atoms with Gasteiger partial charge in [0.15, 0.2) is 5.78 Å². The van der Waals surface area contributed by atoms with Crippen LogP contribution in [0.15, 0.2) is 30.4 Å². The Hall–Kier alpha value is -2.51. The van der Waals surface area contributed by atoms with Crippen molar-refractivity contribution in [2.45, 2.75) is 18.6 Å². The van der Waals surface area contributed by atoms with Gasteiger partial charge in [0.2, 0.25) is 11.8 Å². The van der Waals surface area contributed by atoms with Crippen molar-refractivity contribution in [1.29, 1.82) is 0 Å². The van der Waals surface area contributed by atoms with E-state index < -0.39 is 35.4 Å². The van der Waals surface area contributed by atoms with Crippen LogP contribution in [-0.2, 0) is 14.3 Å². The van der Waals surface area contributed by atoms with Crippen molar-refractivity contribution in [3.8, 4) is 5.75 Å². The standard InChI is InChI=1S/C18H17NO6/c1-9(21)10-3-4-12(24-2)11(7-10)19-16(22)14-13-5-6-18(8-20,25-13)15(14)17(19)23/h3-7,13-15,20H,8H2,1-2H3/t13-,14+,15+,18+/m1/s1. The van der Waals surface area contributed by atoms with E-state index in [1.165, 1.54) is 20.1 Å². The first-order valence-electron chi connectivity index (χ1n) is 7.98. The number of ether oxygens (including phenoxy) is 2. The van der Waals surface area contributed by atoms with Gasteiger partial charge in [-0.25, -0.2) is 4.90 Å². The highest BCUT2D eigenvalue weighted by Crippen LogP contribution is 2.53. The number of amides is 2. The predicted molar refractivity (Wildman–Crippen MR) is 86.3 cm³/mol. The number of hydrogen-bond donors (Lipinski definition) is 1. The van der Waals surface area contributed by atoms with Gasteiger partial charge in [0.25, 0.3) is 0 Å². The average Bonchev–Trinajstić information content (AvgIpc) is 3.25. The molecule has 1 N–H and O–H groups in total. The number of rotatable bonds is 4. The van der Waals surface area contributed by atoms with Crippen LogP contribution in [0.1, 0.15) is 17.3 Å². The molecular formula is C18H17NO6. The molecule has 3 aliphatic rings. The maximum Gasteiger partial charge on any atom is 0.241 e. The minimum Gasteiger partial charge on any atom is -0.495 e. The Bertz CT molecular complexity index is 831. The van der Waals surface area contributed by atoms with E-state index in [4.69, 9.17) is 9.47 Å². The summed E-state index contributed by atoms with van der Waals surface area (Å²) in [4.78, 5) is 38.8. The maximum atomic E-state index is 13.0. The maximum absolute atomic E-state index is 13.0. The third kappa shape index (κ3) is 1.96. The highest BCUT2D eigenvalue weighted by Gasteiger charge is 2.67. The van der Waals surface area contributed by atoms with Gasteiger partial charge < -0.3 is 14.6 Å². The molecule has 7 nitrogen and oxygen atoms in total. The molecule has 7 heteroatoms. The minimum atomic E-state index is -1.15. The van der Waals surface area contributed by atoms with E-state index in [1.807, 2.05) is 0 Å². The van der Waals surface area contributed by atoms with Crippen LogP contribution in [0.2, 0.25) is 0 Å². The summed E-state index contributed by atoms with van der Waals surface area (Å²) in [5, 5.41) is 9.74. The van der Waals surface area contributed by atoms with Gasteiger partial charge in [0, 0.05) is 5.56 Å². The lowest BCUT2D eigenvalue weighted by atomic mass is 9.77. The number of aliphatic hydroxyl groups excluding tert-OH is 1. The van der Waals surface area contributed by atoms with E-state index >= 15 is 0 Å². The van der Waals surface area contributed by atoms with Crippen LogP contribution in [0.3, 0.4) is 0 Å². The lowest BCUT2D eigenvalue weighted by Crippen LogP contribution is -2.43. The van der Waals surface area contributed by atoms with Gasteiger partial charge in [-0.15, -0.1) is 0 Å². The second-order valence-electron chi connectivity index (χ2n) is 6.51. The molecule has 25 heavy (non-hydrogen) atoms. The van der Waals surface area contributed by atoms with E-state index in [9.17, 15) is 19.5 Å². The van der Waals surface area contributed by atoms with Crippen molar-refractivity contribution in [1.82, 2.24) is 0 Å². The van der Waals surface area contributed by atoms with Gasteiger partial charge in [0.05, 0.1) is 37.3 Å². The van der Waals surface area contributed by atoms with Crippen LogP contribution in [0.4, 0.5) is 5.69 Å². The molecule has 0 aromatic heterocycles. The fraction of sp³-hybridized carbons (Fsp3) is 0.389. The zero-order chi connectivity index (χ0) is 17.9. The highest BCUT2D eigenvalue weighted by atomic mass is 16.5. The number of nitrogens with zero attached hydrogens (tertiary/aromatic N) is 1. The molecule has 4 atom stereocenters.